The standard InChI is InChI=1S/C4H8O2.C4H10O2.C2H6O2.H3O3P/c1-3-4(5)6-2;5-3-1-2-4-6;3-1-2-4;1-4(2)3/h3H2,1-2H3;5-6H,1-4H2;3-4H,1-2H2;4H,(H2,1,2,3). The summed E-state index contributed by atoms with van der Waals surface area (Å²) in [4.78, 5) is 24.3. The van der Waals surface area contributed by atoms with E-state index >= 15 is 0 Å². The Morgan fingerprint density at radius 2 is 1.25 bits per heavy atom. The second-order valence-electron chi connectivity index (χ2n) is 2.81. The first-order valence-electron chi connectivity index (χ1n) is 5.79. The summed E-state index contributed by atoms with van der Waals surface area (Å²) in [6, 6.07) is 0. The van der Waals surface area contributed by atoms with Crippen LogP contribution in [-0.4, -0.2) is 69.7 Å². The quantitative estimate of drug-likeness (QED) is 0.204. The van der Waals surface area contributed by atoms with Gasteiger partial charge in [-0.1, -0.05) is 6.92 Å². The largest absolute Gasteiger partial charge is 0.469 e. The van der Waals surface area contributed by atoms with Crippen molar-refractivity contribution in [3.63, 3.8) is 0 Å². The summed E-state index contributed by atoms with van der Waals surface area (Å²) in [6.07, 6.45) is 1.91. The van der Waals surface area contributed by atoms with Crippen LogP contribution in [0.15, 0.2) is 0 Å². The zero-order valence-corrected chi connectivity index (χ0v) is 12.9. The molecule has 0 atom stereocenters. The summed E-state index contributed by atoms with van der Waals surface area (Å²) >= 11 is 0. The van der Waals surface area contributed by atoms with E-state index in [-0.39, 0.29) is 32.4 Å². The van der Waals surface area contributed by atoms with E-state index in [0.29, 0.717) is 6.42 Å². The summed E-state index contributed by atoms with van der Waals surface area (Å²) in [7, 11) is -1.75. The summed E-state index contributed by atoms with van der Waals surface area (Å²) in [5.41, 5.74) is 0. The highest BCUT2D eigenvalue weighted by Crippen LogP contribution is 1.98. The molecule has 10 heteroatoms. The van der Waals surface area contributed by atoms with Crippen molar-refractivity contribution in [2.24, 2.45) is 0 Å². The van der Waals surface area contributed by atoms with Crippen molar-refractivity contribution in [2.75, 3.05) is 33.5 Å². The number of methoxy groups -OCH3 is 1. The predicted molar refractivity (Wildman–Crippen MR) is 73.3 cm³/mol. The fraction of sp³-hybridized carbons (Fsp3) is 0.900. The summed E-state index contributed by atoms with van der Waals surface area (Å²) in [5.74, 6) is -0.157. The molecule has 0 aromatic heterocycles. The normalized spacial score (nSPS) is 8.25. The average molecular weight is 322 g/mol. The Bertz CT molecular complexity index is 174. The lowest BCUT2D eigenvalue weighted by Gasteiger charge is -1.87. The number of aliphatic hydroxyl groups excluding tert-OH is 4. The zero-order valence-electron chi connectivity index (χ0n) is 11.9. The van der Waals surface area contributed by atoms with Crippen molar-refractivity contribution in [3.05, 3.63) is 0 Å². The van der Waals surface area contributed by atoms with E-state index in [1.165, 1.54) is 7.11 Å². The minimum absolute atomic E-state index is 0.125. The molecule has 0 saturated heterocycles. The average Bonchev–Trinajstić information content (AvgIpc) is 2.44. The van der Waals surface area contributed by atoms with Gasteiger partial charge in [-0.2, -0.15) is 0 Å². The Hall–Kier alpha value is -0.540. The van der Waals surface area contributed by atoms with E-state index in [0.717, 1.165) is 12.8 Å². The van der Waals surface area contributed by atoms with Gasteiger partial charge in [0.2, 0.25) is 0 Å². The highest BCUT2D eigenvalue weighted by atomic mass is 31.1. The van der Waals surface area contributed by atoms with Crippen LogP contribution in [0.25, 0.3) is 0 Å². The van der Waals surface area contributed by atoms with Crippen LogP contribution in [-0.2, 0) is 14.1 Å². The molecule has 0 unspecified atom stereocenters. The fourth-order valence-corrected chi connectivity index (χ4v) is 0.368. The van der Waals surface area contributed by atoms with Crippen molar-refractivity contribution >= 4 is 14.2 Å². The molecule has 0 spiro atoms. The lowest BCUT2D eigenvalue weighted by molar-refractivity contribution is -0.140. The molecule has 0 amide bonds. The van der Waals surface area contributed by atoms with Crippen LogP contribution in [0.2, 0.25) is 0 Å². The van der Waals surface area contributed by atoms with Crippen LogP contribution >= 0.6 is 8.25 Å². The van der Waals surface area contributed by atoms with Gasteiger partial charge in [0, 0.05) is 19.6 Å². The first-order chi connectivity index (χ1) is 9.37. The monoisotopic (exact) mass is 322 g/mol. The number of ether oxygens (including phenoxy) is 1. The fourth-order valence-electron chi connectivity index (χ4n) is 0.368. The molecule has 0 aliphatic carbocycles. The first-order valence-corrected chi connectivity index (χ1v) is 7.10. The van der Waals surface area contributed by atoms with Crippen LogP contribution in [0.4, 0.5) is 0 Å². The van der Waals surface area contributed by atoms with E-state index in [1.54, 1.807) is 6.92 Å². The number of hydrogen-bond acceptors (Lipinski definition) is 7. The Morgan fingerprint density at radius 3 is 1.30 bits per heavy atom. The maximum Gasteiger partial charge on any atom is 0.314 e. The molecule has 126 valence electrons. The van der Waals surface area contributed by atoms with E-state index in [4.69, 9.17) is 34.8 Å². The molecule has 0 saturated carbocycles. The number of hydrogen-bond donors (Lipinski definition) is 6. The molecule has 0 heterocycles. The molecule has 0 aromatic rings. The first kappa shape index (κ1) is 27.7. The molecule has 0 rings (SSSR count). The highest BCUT2D eigenvalue weighted by molar-refractivity contribution is 7.30. The maximum absolute atomic E-state index is 9.96. The van der Waals surface area contributed by atoms with Gasteiger partial charge in [0.05, 0.1) is 20.3 Å². The van der Waals surface area contributed by atoms with Gasteiger partial charge in [-0.05, 0) is 12.8 Å². The Labute approximate surface area is 119 Å². The van der Waals surface area contributed by atoms with Gasteiger partial charge in [0.15, 0.2) is 0 Å². The predicted octanol–water partition coefficient (Wildman–Crippen LogP) is -1.35. The number of unbranched alkanes of at least 4 members (excludes halogenated alkanes) is 1. The zero-order chi connectivity index (χ0) is 16.8. The number of rotatable bonds is 5. The molecular weight excluding hydrogens is 295 g/mol. The van der Waals surface area contributed by atoms with Gasteiger partial charge in [-0.25, -0.2) is 0 Å². The van der Waals surface area contributed by atoms with E-state index in [9.17, 15) is 4.79 Å². The number of carbonyl (C=O) groups excluding carboxylic acids is 1. The van der Waals surface area contributed by atoms with E-state index in [1.807, 2.05) is 0 Å². The molecule has 9 nitrogen and oxygen atoms in total. The van der Waals surface area contributed by atoms with Crippen LogP contribution in [0.5, 0.6) is 0 Å². The van der Waals surface area contributed by atoms with Gasteiger partial charge in [0.1, 0.15) is 0 Å². The van der Waals surface area contributed by atoms with Gasteiger partial charge < -0.3 is 34.9 Å². The maximum atomic E-state index is 9.96. The third-order valence-corrected chi connectivity index (χ3v) is 1.18. The Balaban J connectivity index is -0.0000000871. The van der Waals surface area contributed by atoms with Crippen LogP contribution in [0.3, 0.4) is 0 Å². The van der Waals surface area contributed by atoms with E-state index < -0.39 is 8.25 Å². The Morgan fingerprint density at radius 1 is 0.950 bits per heavy atom. The minimum Gasteiger partial charge on any atom is -0.469 e. The number of carbonyl (C=O) groups is 1. The lowest BCUT2D eigenvalue weighted by atomic mass is 10.3. The number of esters is 1. The lowest BCUT2D eigenvalue weighted by Crippen LogP contribution is -1.94. The molecule has 0 aliphatic heterocycles. The van der Waals surface area contributed by atoms with Crippen molar-refractivity contribution < 1.29 is 44.3 Å². The van der Waals surface area contributed by atoms with Gasteiger partial charge in [0.25, 0.3) is 0 Å². The molecule has 0 radical (unpaired) electrons. The van der Waals surface area contributed by atoms with Gasteiger partial charge in [-0.15, -0.1) is 0 Å². The second-order valence-corrected chi connectivity index (χ2v) is 3.38. The molecular formula is C10H27O9P. The topological polar surface area (TPSA) is 165 Å². The third-order valence-electron chi connectivity index (χ3n) is 1.18. The van der Waals surface area contributed by atoms with Crippen LogP contribution in [0, 0.1) is 0 Å². The summed E-state index contributed by atoms with van der Waals surface area (Å²) < 4.78 is 13.0. The molecule has 0 aromatic carbocycles. The smallest absolute Gasteiger partial charge is 0.314 e. The van der Waals surface area contributed by atoms with Gasteiger partial charge in [-0.3, -0.25) is 9.36 Å². The molecule has 0 fully saturated rings. The number of aliphatic hydroxyl groups is 4. The molecule has 0 bridgehead atoms. The van der Waals surface area contributed by atoms with Crippen molar-refractivity contribution in [3.8, 4) is 0 Å². The Kier molecular flexibility index (Phi) is 43.1. The molecule has 0 aliphatic rings. The SMILES string of the molecule is CCC(=O)OC.O=[PH](O)O.OCCCCO.OCCO. The summed E-state index contributed by atoms with van der Waals surface area (Å²) in [6.45, 7) is 1.90. The van der Waals surface area contributed by atoms with E-state index in [2.05, 4.69) is 4.74 Å². The minimum atomic E-state index is -3.13. The van der Waals surface area contributed by atoms with Crippen molar-refractivity contribution in [1.82, 2.24) is 0 Å². The van der Waals surface area contributed by atoms with Crippen LogP contribution in [0.1, 0.15) is 26.2 Å². The third kappa shape index (κ3) is 85.0. The van der Waals surface area contributed by atoms with Crippen molar-refractivity contribution in [2.45, 2.75) is 26.2 Å². The van der Waals surface area contributed by atoms with Crippen LogP contribution < -0.4 is 0 Å². The highest BCUT2D eigenvalue weighted by Gasteiger charge is 1.87. The second kappa shape index (κ2) is 31.1. The van der Waals surface area contributed by atoms with Crippen molar-refractivity contribution in [1.29, 1.82) is 0 Å². The summed E-state index contributed by atoms with van der Waals surface area (Å²) in [5, 5.41) is 31.4. The molecule has 20 heavy (non-hydrogen) atoms. The molecule has 6 N–H and O–H groups in total. The van der Waals surface area contributed by atoms with Gasteiger partial charge >= 0.3 is 14.2 Å².